The molecule has 0 radical (unpaired) electrons. The Bertz CT molecular complexity index is 755. The third-order valence-corrected chi connectivity index (χ3v) is 4.04. The summed E-state index contributed by atoms with van der Waals surface area (Å²) in [5.74, 6) is -0.648. The van der Waals surface area contributed by atoms with E-state index in [0.29, 0.717) is 24.2 Å². The molecule has 1 aromatic rings. The molecule has 3 amide bonds. The molecule has 2 rings (SSSR count). The molecule has 1 aliphatic heterocycles. The average Bonchev–Trinajstić information content (AvgIpc) is 2.94. The van der Waals surface area contributed by atoms with Gasteiger partial charge in [-0.2, -0.15) is 0 Å². The lowest BCUT2D eigenvalue weighted by Gasteiger charge is -2.19. The zero-order valence-electron chi connectivity index (χ0n) is 16.4. The number of benzene rings is 1. The van der Waals surface area contributed by atoms with Crippen LogP contribution in [0.2, 0.25) is 0 Å². The van der Waals surface area contributed by atoms with Crippen molar-refractivity contribution in [3.8, 4) is 0 Å². The number of nitrogens with one attached hydrogen (secondary N) is 3. The van der Waals surface area contributed by atoms with E-state index in [9.17, 15) is 14.4 Å². The van der Waals surface area contributed by atoms with Gasteiger partial charge in [0.05, 0.1) is 6.42 Å². The number of urea groups is 1. The first-order valence-corrected chi connectivity index (χ1v) is 9.09. The monoisotopic (exact) mass is 389 g/mol. The van der Waals surface area contributed by atoms with Crippen molar-refractivity contribution in [1.29, 1.82) is 5.41 Å². The van der Waals surface area contributed by atoms with Gasteiger partial charge in [0.1, 0.15) is 17.5 Å². The van der Waals surface area contributed by atoms with Gasteiger partial charge in [-0.05, 0) is 51.5 Å². The van der Waals surface area contributed by atoms with Gasteiger partial charge in [-0.3, -0.25) is 15.0 Å². The molecule has 9 nitrogen and oxygen atoms in total. The van der Waals surface area contributed by atoms with E-state index in [-0.39, 0.29) is 24.7 Å². The van der Waals surface area contributed by atoms with Crippen LogP contribution in [0.5, 0.6) is 0 Å². The Morgan fingerprint density at radius 2 is 1.93 bits per heavy atom. The number of nitrogen functional groups attached to an aromatic ring is 1. The van der Waals surface area contributed by atoms with Crippen LogP contribution in [-0.2, 0) is 14.3 Å². The maximum atomic E-state index is 12.5. The van der Waals surface area contributed by atoms with Crippen LogP contribution in [0.25, 0.3) is 0 Å². The van der Waals surface area contributed by atoms with E-state index in [1.165, 1.54) is 0 Å². The summed E-state index contributed by atoms with van der Waals surface area (Å²) in [5.41, 5.74) is 6.12. The van der Waals surface area contributed by atoms with Gasteiger partial charge in [0.25, 0.3) is 0 Å². The summed E-state index contributed by atoms with van der Waals surface area (Å²) in [6, 6.07) is 5.66. The number of nitrogens with zero attached hydrogens (tertiary/aromatic N) is 1. The van der Waals surface area contributed by atoms with Gasteiger partial charge >= 0.3 is 12.0 Å². The fourth-order valence-corrected chi connectivity index (χ4v) is 2.77. The van der Waals surface area contributed by atoms with Gasteiger partial charge in [-0.1, -0.05) is 0 Å². The van der Waals surface area contributed by atoms with E-state index in [2.05, 4.69) is 10.6 Å². The second-order valence-corrected chi connectivity index (χ2v) is 7.53. The largest absolute Gasteiger partial charge is 0.460 e. The summed E-state index contributed by atoms with van der Waals surface area (Å²) in [6.07, 6.45) is 0.532. The van der Waals surface area contributed by atoms with Crippen molar-refractivity contribution in [3.05, 3.63) is 29.8 Å². The summed E-state index contributed by atoms with van der Waals surface area (Å²) in [4.78, 5) is 37.7. The van der Waals surface area contributed by atoms with Crippen molar-refractivity contribution in [1.82, 2.24) is 10.6 Å². The Labute approximate surface area is 164 Å². The predicted octanol–water partition coefficient (Wildman–Crippen LogP) is 1.11. The molecule has 1 aliphatic rings. The normalized spacial score (nSPS) is 16.6. The van der Waals surface area contributed by atoms with E-state index >= 15 is 0 Å². The average molecular weight is 389 g/mol. The van der Waals surface area contributed by atoms with Crippen LogP contribution in [0.1, 0.15) is 39.2 Å². The lowest BCUT2D eigenvalue weighted by Crippen LogP contribution is -2.46. The van der Waals surface area contributed by atoms with Gasteiger partial charge in [-0.15, -0.1) is 0 Å². The Hall–Kier alpha value is -3.10. The maximum absolute atomic E-state index is 12.5. The molecule has 1 fully saturated rings. The summed E-state index contributed by atoms with van der Waals surface area (Å²) in [6.45, 7) is 5.92. The molecule has 9 heteroatoms. The second-order valence-electron chi connectivity index (χ2n) is 7.53. The van der Waals surface area contributed by atoms with Gasteiger partial charge in [0.15, 0.2) is 0 Å². The van der Waals surface area contributed by atoms with E-state index in [1.54, 1.807) is 49.9 Å². The van der Waals surface area contributed by atoms with Gasteiger partial charge in [0.2, 0.25) is 5.91 Å². The zero-order chi connectivity index (χ0) is 20.9. The number of anilines is 1. The van der Waals surface area contributed by atoms with Gasteiger partial charge in [-0.25, -0.2) is 4.79 Å². The minimum absolute atomic E-state index is 0.0399. The fourth-order valence-electron chi connectivity index (χ4n) is 2.77. The second kappa shape index (κ2) is 8.73. The first kappa shape index (κ1) is 21.2. The third kappa shape index (κ3) is 5.97. The first-order valence-electron chi connectivity index (χ1n) is 9.09. The summed E-state index contributed by atoms with van der Waals surface area (Å²) in [5, 5.41) is 12.6. The number of carbonyl (C=O) groups excluding carboxylic acids is 3. The third-order valence-electron chi connectivity index (χ3n) is 4.04. The molecule has 0 bridgehead atoms. The Morgan fingerprint density at radius 1 is 1.29 bits per heavy atom. The number of nitrogens with two attached hydrogens (primary N) is 1. The summed E-state index contributed by atoms with van der Waals surface area (Å²) in [7, 11) is 0. The smallest absolute Gasteiger partial charge is 0.315 e. The topological polar surface area (TPSA) is 138 Å². The molecular formula is C19H27N5O4. The number of hydrogen-bond acceptors (Lipinski definition) is 5. The van der Waals surface area contributed by atoms with Gasteiger partial charge < -0.3 is 26.0 Å². The maximum Gasteiger partial charge on any atom is 0.315 e. The molecule has 1 aromatic carbocycles. The molecule has 1 atom stereocenters. The number of amides is 3. The van der Waals surface area contributed by atoms with Crippen LogP contribution in [0.15, 0.2) is 24.3 Å². The van der Waals surface area contributed by atoms with E-state index in [1.807, 2.05) is 0 Å². The molecule has 5 N–H and O–H groups in total. The van der Waals surface area contributed by atoms with Crippen molar-refractivity contribution < 1.29 is 19.1 Å². The van der Waals surface area contributed by atoms with Crippen LogP contribution in [0, 0.1) is 5.41 Å². The lowest BCUT2D eigenvalue weighted by molar-refractivity contribution is -0.154. The molecule has 1 saturated heterocycles. The lowest BCUT2D eigenvalue weighted by atomic mass is 10.2. The highest BCUT2D eigenvalue weighted by Gasteiger charge is 2.33. The molecule has 1 heterocycles. The number of amidine groups is 1. The number of ether oxygens (including phenoxy) is 1. The highest BCUT2D eigenvalue weighted by Crippen LogP contribution is 2.22. The predicted molar refractivity (Wildman–Crippen MR) is 105 cm³/mol. The Kier molecular flexibility index (Phi) is 6.61. The summed E-state index contributed by atoms with van der Waals surface area (Å²) < 4.78 is 5.16. The number of rotatable bonds is 6. The van der Waals surface area contributed by atoms with Crippen LogP contribution in [0.3, 0.4) is 0 Å². The van der Waals surface area contributed by atoms with Crippen molar-refractivity contribution in [3.63, 3.8) is 0 Å². The number of carbonyl (C=O) groups is 3. The van der Waals surface area contributed by atoms with Crippen LogP contribution in [-0.4, -0.2) is 48.5 Å². The molecule has 0 saturated carbocycles. The number of esters is 1. The van der Waals surface area contributed by atoms with Crippen LogP contribution < -0.4 is 21.3 Å². The molecule has 152 valence electrons. The zero-order valence-corrected chi connectivity index (χ0v) is 16.4. The van der Waals surface area contributed by atoms with Crippen LogP contribution >= 0.6 is 0 Å². The molecule has 1 unspecified atom stereocenters. The quantitative estimate of drug-likeness (QED) is 0.328. The fraction of sp³-hybridized carbons (Fsp3) is 0.474. The Balaban J connectivity index is 1.80. The highest BCUT2D eigenvalue weighted by atomic mass is 16.6. The van der Waals surface area contributed by atoms with Gasteiger partial charge in [0, 0.05) is 24.3 Å². The van der Waals surface area contributed by atoms with Crippen molar-refractivity contribution in [2.75, 3.05) is 18.0 Å². The molecule has 0 spiro atoms. The van der Waals surface area contributed by atoms with E-state index < -0.39 is 23.6 Å². The summed E-state index contributed by atoms with van der Waals surface area (Å²) >= 11 is 0. The molecule has 0 aliphatic carbocycles. The van der Waals surface area contributed by atoms with E-state index in [0.717, 1.165) is 0 Å². The SMILES string of the molecule is CC(C)(C)OC(=O)CCNC(=O)NC1CCN(c2ccc(C(=N)N)cc2)C1=O. The van der Waals surface area contributed by atoms with Crippen molar-refractivity contribution in [2.45, 2.75) is 45.3 Å². The first-order chi connectivity index (χ1) is 13.1. The van der Waals surface area contributed by atoms with Crippen molar-refractivity contribution in [2.24, 2.45) is 5.73 Å². The minimum Gasteiger partial charge on any atom is -0.460 e. The molecular weight excluding hydrogens is 362 g/mol. The molecule has 28 heavy (non-hydrogen) atoms. The Morgan fingerprint density at radius 3 is 2.50 bits per heavy atom. The molecule has 0 aromatic heterocycles. The van der Waals surface area contributed by atoms with Crippen LogP contribution in [0.4, 0.5) is 10.5 Å². The standard InChI is InChI=1S/C19H27N5O4/c1-19(2,3)28-15(25)8-10-22-18(27)23-14-9-11-24(17(14)26)13-6-4-12(5-7-13)16(20)21/h4-7,14H,8-11H2,1-3H3,(H3,20,21)(H2,22,23,27). The van der Waals surface area contributed by atoms with Crippen molar-refractivity contribution >= 4 is 29.4 Å². The highest BCUT2D eigenvalue weighted by molar-refractivity contribution is 6.02. The minimum atomic E-state index is -0.631. The van der Waals surface area contributed by atoms with E-state index in [4.69, 9.17) is 15.9 Å². The number of hydrogen-bond donors (Lipinski definition) is 4.